The maximum absolute atomic E-state index is 5.59. The van der Waals surface area contributed by atoms with Crippen LogP contribution in [0.5, 0.6) is 11.5 Å². The molecule has 0 radical (unpaired) electrons. The van der Waals surface area contributed by atoms with Gasteiger partial charge >= 0.3 is 0 Å². The Balaban J connectivity index is 0.000000180. The summed E-state index contributed by atoms with van der Waals surface area (Å²) in [7, 11) is 3.38. The van der Waals surface area contributed by atoms with Gasteiger partial charge in [0.15, 0.2) is 11.5 Å². The van der Waals surface area contributed by atoms with Crippen LogP contribution in [0.2, 0.25) is 0 Å². The summed E-state index contributed by atoms with van der Waals surface area (Å²) in [6, 6.07) is 23.4. The van der Waals surface area contributed by atoms with Gasteiger partial charge in [0, 0.05) is 17.8 Å². The molecule has 6 rings (SSSR count). The highest BCUT2D eigenvalue weighted by Crippen LogP contribution is 2.40. The average molecular weight is 422 g/mol. The first-order valence-corrected chi connectivity index (χ1v) is 11.2. The minimum Gasteiger partial charge on any atom is -0.493 e. The number of pyridine rings is 1. The Labute approximate surface area is 188 Å². The molecule has 3 heteroatoms. The molecule has 160 valence electrons. The van der Waals surface area contributed by atoms with Gasteiger partial charge in [-0.05, 0) is 88.0 Å². The molecule has 1 aliphatic carbocycles. The van der Waals surface area contributed by atoms with E-state index in [-0.39, 0.29) is 0 Å². The van der Waals surface area contributed by atoms with Gasteiger partial charge in [0.1, 0.15) is 0 Å². The number of methoxy groups -OCH3 is 2. The largest absolute Gasteiger partial charge is 0.493 e. The van der Waals surface area contributed by atoms with Crippen LogP contribution in [0.15, 0.2) is 79.1 Å². The summed E-state index contributed by atoms with van der Waals surface area (Å²) in [4.78, 5) is 4.01. The Morgan fingerprint density at radius 3 is 2.19 bits per heavy atom. The normalized spacial score (nSPS) is 12.8. The molecule has 0 bridgehead atoms. The number of ether oxygens (including phenoxy) is 2. The Hall–Kier alpha value is -3.59. The number of aryl methyl sites for hydroxylation is 2. The first kappa shape index (κ1) is 20.3. The predicted molar refractivity (Wildman–Crippen MR) is 133 cm³/mol. The third-order valence-corrected chi connectivity index (χ3v) is 6.42. The fourth-order valence-electron chi connectivity index (χ4n) is 4.83. The molecule has 32 heavy (non-hydrogen) atoms. The quantitative estimate of drug-likeness (QED) is 0.284. The summed E-state index contributed by atoms with van der Waals surface area (Å²) in [6.45, 7) is 0. The smallest absolute Gasteiger partial charge is 0.168 e. The topological polar surface area (TPSA) is 31.4 Å². The summed E-state index contributed by atoms with van der Waals surface area (Å²) in [5.41, 5.74) is 3.07. The Morgan fingerprint density at radius 1 is 0.656 bits per heavy atom. The second-order valence-corrected chi connectivity index (χ2v) is 8.19. The van der Waals surface area contributed by atoms with E-state index in [1.54, 1.807) is 19.8 Å². The van der Waals surface area contributed by atoms with E-state index in [1.165, 1.54) is 58.2 Å². The van der Waals surface area contributed by atoms with E-state index in [2.05, 4.69) is 47.4 Å². The summed E-state index contributed by atoms with van der Waals surface area (Å²) < 4.78 is 11.0. The Kier molecular flexibility index (Phi) is 5.64. The van der Waals surface area contributed by atoms with Gasteiger partial charge in [-0.15, -0.1) is 0 Å². The molecule has 0 saturated carbocycles. The van der Waals surface area contributed by atoms with E-state index in [0.29, 0.717) is 0 Å². The third-order valence-electron chi connectivity index (χ3n) is 6.42. The zero-order valence-corrected chi connectivity index (χ0v) is 18.6. The minimum atomic E-state index is 0.785. The molecule has 0 saturated heterocycles. The van der Waals surface area contributed by atoms with Crippen molar-refractivity contribution in [2.45, 2.75) is 25.7 Å². The van der Waals surface area contributed by atoms with Gasteiger partial charge in [-0.1, -0.05) is 42.5 Å². The Bertz CT molecular complexity index is 1290. The van der Waals surface area contributed by atoms with Crippen LogP contribution >= 0.6 is 0 Å². The van der Waals surface area contributed by atoms with E-state index in [4.69, 9.17) is 9.47 Å². The highest BCUT2D eigenvalue weighted by atomic mass is 16.5. The number of aromatic nitrogens is 1. The van der Waals surface area contributed by atoms with Crippen molar-refractivity contribution >= 4 is 32.3 Å². The lowest BCUT2D eigenvalue weighted by Gasteiger charge is -2.19. The van der Waals surface area contributed by atoms with Crippen molar-refractivity contribution in [3.05, 3.63) is 90.3 Å². The van der Waals surface area contributed by atoms with Crippen LogP contribution in [0.25, 0.3) is 32.3 Å². The molecule has 5 aromatic rings. The number of hydrogen-bond acceptors (Lipinski definition) is 3. The molecular formula is C29H27NO2. The molecule has 0 atom stereocenters. The summed E-state index contributed by atoms with van der Waals surface area (Å²) >= 11 is 0. The lowest BCUT2D eigenvalue weighted by molar-refractivity contribution is 0.358. The van der Waals surface area contributed by atoms with Gasteiger partial charge in [0.05, 0.1) is 14.2 Å². The second kappa shape index (κ2) is 8.88. The maximum Gasteiger partial charge on any atom is 0.168 e. The molecule has 0 spiro atoms. The van der Waals surface area contributed by atoms with Gasteiger partial charge in [0.2, 0.25) is 0 Å². The predicted octanol–water partition coefficient (Wildman–Crippen LogP) is 7.12. The highest BCUT2D eigenvalue weighted by molar-refractivity contribution is 6.11. The van der Waals surface area contributed by atoms with Crippen molar-refractivity contribution in [2.24, 2.45) is 0 Å². The molecule has 0 fully saturated rings. The Morgan fingerprint density at radius 2 is 1.38 bits per heavy atom. The van der Waals surface area contributed by atoms with Crippen LogP contribution < -0.4 is 9.47 Å². The van der Waals surface area contributed by atoms with Crippen LogP contribution in [-0.2, 0) is 12.8 Å². The summed E-state index contributed by atoms with van der Waals surface area (Å²) in [5.74, 6) is 1.60. The monoisotopic (exact) mass is 421 g/mol. The molecule has 4 aromatic carbocycles. The first-order valence-electron chi connectivity index (χ1n) is 11.2. The van der Waals surface area contributed by atoms with Crippen molar-refractivity contribution in [1.82, 2.24) is 4.98 Å². The SMILES string of the molecule is COc1ccc2c(ccc3c4c(ccc32)CCCC4)c1OC.c1ccc2cnccc2c1. The van der Waals surface area contributed by atoms with Crippen molar-refractivity contribution in [3.8, 4) is 11.5 Å². The molecule has 1 aromatic heterocycles. The van der Waals surface area contributed by atoms with Crippen LogP contribution in [-0.4, -0.2) is 19.2 Å². The zero-order chi connectivity index (χ0) is 21.9. The van der Waals surface area contributed by atoms with E-state index >= 15 is 0 Å². The van der Waals surface area contributed by atoms with Crippen molar-refractivity contribution < 1.29 is 9.47 Å². The molecular weight excluding hydrogens is 394 g/mol. The van der Waals surface area contributed by atoms with Crippen molar-refractivity contribution in [3.63, 3.8) is 0 Å². The molecule has 1 aliphatic rings. The van der Waals surface area contributed by atoms with Gasteiger partial charge in [-0.25, -0.2) is 0 Å². The number of nitrogens with zero attached hydrogens (tertiary/aromatic N) is 1. The second-order valence-electron chi connectivity index (χ2n) is 8.19. The maximum atomic E-state index is 5.59. The average Bonchev–Trinajstić information content (AvgIpc) is 2.87. The lowest BCUT2D eigenvalue weighted by Crippen LogP contribution is -2.03. The number of rotatable bonds is 2. The van der Waals surface area contributed by atoms with E-state index in [1.807, 2.05) is 36.7 Å². The van der Waals surface area contributed by atoms with Gasteiger partial charge in [0.25, 0.3) is 0 Å². The summed E-state index contributed by atoms with van der Waals surface area (Å²) in [5, 5.41) is 7.52. The molecule has 0 amide bonds. The highest BCUT2D eigenvalue weighted by Gasteiger charge is 2.16. The molecule has 0 N–H and O–H groups in total. The van der Waals surface area contributed by atoms with Gasteiger partial charge in [-0.3, -0.25) is 4.98 Å². The standard InChI is InChI=1S/C20H20O2.C9H7N/c1-21-19-12-11-17-16-8-7-13-5-3-4-6-14(13)15(16)9-10-18(17)20(19)22-2;1-2-4-9-7-10-6-5-8(9)3-1/h7-12H,3-6H2,1-2H3;1-7H. The van der Waals surface area contributed by atoms with Crippen LogP contribution in [0, 0.1) is 0 Å². The van der Waals surface area contributed by atoms with E-state index < -0.39 is 0 Å². The van der Waals surface area contributed by atoms with Crippen LogP contribution in [0.1, 0.15) is 24.0 Å². The number of hydrogen-bond donors (Lipinski definition) is 0. The van der Waals surface area contributed by atoms with Crippen molar-refractivity contribution in [2.75, 3.05) is 14.2 Å². The van der Waals surface area contributed by atoms with E-state index in [9.17, 15) is 0 Å². The fourth-order valence-corrected chi connectivity index (χ4v) is 4.83. The summed E-state index contributed by atoms with van der Waals surface area (Å²) in [6.07, 6.45) is 8.71. The van der Waals surface area contributed by atoms with Crippen molar-refractivity contribution in [1.29, 1.82) is 0 Å². The number of fused-ring (bicyclic) bond motifs is 6. The lowest BCUT2D eigenvalue weighted by atomic mass is 9.86. The third kappa shape index (κ3) is 3.64. The van der Waals surface area contributed by atoms with Gasteiger partial charge < -0.3 is 9.47 Å². The van der Waals surface area contributed by atoms with Crippen LogP contribution in [0.3, 0.4) is 0 Å². The molecule has 0 aliphatic heterocycles. The molecule has 1 heterocycles. The minimum absolute atomic E-state index is 0.785. The molecule has 0 unspecified atom stereocenters. The fraction of sp³-hybridized carbons (Fsp3) is 0.207. The van der Waals surface area contributed by atoms with Crippen LogP contribution in [0.4, 0.5) is 0 Å². The first-order chi connectivity index (χ1) is 15.8. The van der Waals surface area contributed by atoms with E-state index in [0.717, 1.165) is 16.9 Å². The zero-order valence-electron chi connectivity index (χ0n) is 18.6. The van der Waals surface area contributed by atoms with Gasteiger partial charge in [-0.2, -0.15) is 0 Å². The molecule has 3 nitrogen and oxygen atoms in total. The number of benzene rings is 4.